The molecule has 0 saturated heterocycles. The van der Waals surface area contributed by atoms with Crippen molar-refractivity contribution in [3.05, 3.63) is 71.7 Å². The first-order valence-corrected chi connectivity index (χ1v) is 8.99. The number of hydrogen-bond donors (Lipinski definition) is 0. The van der Waals surface area contributed by atoms with Crippen molar-refractivity contribution in [1.82, 2.24) is 0 Å². The molecule has 1 fully saturated rings. The van der Waals surface area contributed by atoms with Crippen molar-refractivity contribution in [3.8, 4) is 0 Å². The van der Waals surface area contributed by atoms with Gasteiger partial charge in [0.25, 0.3) is 6.85 Å². The first-order valence-electron chi connectivity index (χ1n) is 8.99. The Morgan fingerprint density at radius 1 is 0.870 bits per heavy atom. The zero-order chi connectivity index (χ0) is 15.5. The second-order valence-corrected chi connectivity index (χ2v) is 6.92. The molecular formula is C21H24BN. The molecule has 0 bridgehead atoms. The molecule has 1 aliphatic carbocycles. The van der Waals surface area contributed by atoms with Gasteiger partial charge in [-0.2, -0.15) is 0 Å². The minimum absolute atomic E-state index is 0.547. The molecule has 2 aliphatic rings. The number of anilines is 1. The van der Waals surface area contributed by atoms with E-state index in [1.165, 1.54) is 48.9 Å². The van der Waals surface area contributed by atoms with Crippen LogP contribution in [-0.4, -0.2) is 6.85 Å². The van der Waals surface area contributed by atoms with Gasteiger partial charge in [-0.25, -0.2) is 0 Å². The number of para-hydroxylation sites is 1. The van der Waals surface area contributed by atoms with Crippen LogP contribution < -0.4 is 4.81 Å². The van der Waals surface area contributed by atoms with E-state index in [9.17, 15) is 0 Å². The average molecular weight is 301 g/mol. The monoisotopic (exact) mass is 301 g/mol. The molecule has 2 aromatic rings. The quantitative estimate of drug-likeness (QED) is 0.668. The molecule has 0 unspecified atom stereocenters. The summed E-state index contributed by atoms with van der Waals surface area (Å²) in [6.07, 6.45) is 9.31. The van der Waals surface area contributed by atoms with Gasteiger partial charge in [-0.3, -0.25) is 0 Å². The lowest BCUT2D eigenvalue weighted by Gasteiger charge is -2.39. The van der Waals surface area contributed by atoms with Gasteiger partial charge in [0.05, 0.1) is 0 Å². The molecule has 116 valence electrons. The summed E-state index contributed by atoms with van der Waals surface area (Å²) >= 11 is 0. The van der Waals surface area contributed by atoms with E-state index in [1.54, 1.807) is 0 Å². The number of fused-ring (bicyclic) bond motifs is 1. The number of hydrogen-bond acceptors (Lipinski definition) is 1. The van der Waals surface area contributed by atoms with Crippen LogP contribution >= 0.6 is 0 Å². The Labute approximate surface area is 140 Å². The van der Waals surface area contributed by atoms with Crippen LogP contribution in [0.1, 0.15) is 43.2 Å². The SMILES string of the molecule is C1=Cc2ccccc2N(Cc2ccccc2)B1C1CCCCC1. The summed E-state index contributed by atoms with van der Waals surface area (Å²) in [5.74, 6) is 3.26. The van der Waals surface area contributed by atoms with Crippen molar-refractivity contribution in [2.24, 2.45) is 0 Å². The smallest absolute Gasteiger partial charge is 0.284 e. The zero-order valence-electron chi connectivity index (χ0n) is 13.7. The molecule has 23 heavy (non-hydrogen) atoms. The van der Waals surface area contributed by atoms with Gasteiger partial charge in [0.15, 0.2) is 0 Å². The molecule has 1 nitrogen and oxygen atoms in total. The summed E-state index contributed by atoms with van der Waals surface area (Å²) in [6.45, 7) is 1.55. The van der Waals surface area contributed by atoms with E-state index >= 15 is 0 Å². The van der Waals surface area contributed by atoms with Gasteiger partial charge in [-0.05, 0) is 23.0 Å². The summed E-state index contributed by atoms with van der Waals surface area (Å²) in [5, 5.41) is 0. The Morgan fingerprint density at radius 2 is 1.61 bits per heavy atom. The second kappa shape index (κ2) is 6.66. The lowest BCUT2D eigenvalue weighted by Crippen LogP contribution is -2.43. The van der Waals surface area contributed by atoms with Crippen LogP contribution in [0.5, 0.6) is 0 Å². The van der Waals surface area contributed by atoms with E-state index in [0.29, 0.717) is 6.85 Å². The third kappa shape index (κ3) is 3.08. The van der Waals surface area contributed by atoms with Crippen molar-refractivity contribution >= 4 is 18.6 Å². The molecule has 0 spiro atoms. The van der Waals surface area contributed by atoms with Crippen LogP contribution in [0.4, 0.5) is 5.69 Å². The van der Waals surface area contributed by atoms with E-state index in [-0.39, 0.29) is 0 Å². The molecule has 1 saturated carbocycles. The predicted octanol–water partition coefficient (Wildman–Crippen LogP) is 5.59. The molecule has 0 radical (unpaired) electrons. The topological polar surface area (TPSA) is 3.24 Å². The molecule has 0 amide bonds. The molecule has 4 rings (SSSR count). The summed E-state index contributed by atoms with van der Waals surface area (Å²) in [4.78, 5) is 2.64. The molecule has 1 heterocycles. The van der Waals surface area contributed by atoms with E-state index in [1.807, 2.05) is 0 Å². The maximum absolute atomic E-state index is 2.64. The molecule has 0 atom stereocenters. The summed E-state index contributed by atoms with van der Waals surface area (Å²) < 4.78 is 0. The van der Waals surface area contributed by atoms with Crippen LogP contribution in [0.3, 0.4) is 0 Å². The maximum Gasteiger partial charge on any atom is 0.284 e. The van der Waals surface area contributed by atoms with E-state index in [0.717, 1.165) is 12.4 Å². The van der Waals surface area contributed by atoms with E-state index < -0.39 is 0 Å². The summed E-state index contributed by atoms with van der Waals surface area (Å²) in [6, 6.07) is 19.7. The number of nitrogens with zero attached hydrogens (tertiary/aromatic N) is 1. The first kappa shape index (κ1) is 14.6. The predicted molar refractivity (Wildman–Crippen MR) is 101 cm³/mol. The zero-order valence-corrected chi connectivity index (χ0v) is 13.7. The van der Waals surface area contributed by atoms with Crippen LogP contribution in [0.2, 0.25) is 5.82 Å². The fourth-order valence-electron chi connectivity index (χ4n) is 4.21. The number of benzene rings is 2. The second-order valence-electron chi connectivity index (χ2n) is 6.92. The van der Waals surface area contributed by atoms with Crippen molar-refractivity contribution in [1.29, 1.82) is 0 Å². The highest BCUT2D eigenvalue weighted by atomic mass is 15.1. The van der Waals surface area contributed by atoms with Gasteiger partial charge in [0.1, 0.15) is 0 Å². The molecule has 2 aromatic carbocycles. The van der Waals surface area contributed by atoms with Crippen molar-refractivity contribution in [2.45, 2.75) is 44.5 Å². The summed E-state index contributed by atoms with van der Waals surface area (Å²) in [5.41, 5.74) is 4.16. The highest BCUT2D eigenvalue weighted by molar-refractivity contribution is 6.71. The average Bonchev–Trinajstić information content (AvgIpc) is 2.64. The fraction of sp³-hybridized carbons (Fsp3) is 0.333. The van der Waals surface area contributed by atoms with Crippen molar-refractivity contribution in [2.75, 3.05) is 4.81 Å². The van der Waals surface area contributed by atoms with E-state index in [2.05, 4.69) is 71.5 Å². The summed E-state index contributed by atoms with van der Waals surface area (Å²) in [7, 11) is 0. The number of rotatable bonds is 3. The lowest BCUT2D eigenvalue weighted by molar-refractivity contribution is 0.496. The highest BCUT2D eigenvalue weighted by Gasteiger charge is 2.34. The third-order valence-electron chi connectivity index (χ3n) is 5.41. The molecule has 1 aliphatic heterocycles. The van der Waals surface area contributed by atoms with Gasteiger partial charge < -0.3 is 4.81 Å². The third-order valence-corrected chi connectivity index (χ3v) is 5.41. The minimum Gasteiger partial charge on any atom is -0.406 e. The normalized spacial score (nSPS) is 18.1. The Balaban J connectivity index is 1.67. The Bertz CT molecular complexity index is 673. The van der Waals surface area contributed by atoms with Crippen LogP contribution in [0.15, 0.2) is 60.6 Å². The van der Waals surface area contributed by atoms with E-state index in [4.69, 9.17) is 0 Å². The molecular weight excluding hydrogens is 277 g/mol. The Kier molecular flexibility index (Phi) is 4.23. The Morgan fingerprint density at radius 3 is 2.43 bits per heavy atom. The standard InChI is InChI=1S/C21H24BN/c1-3-9-18(10-4-1)17-23-21-14-8-7-11-19(21)15-16-22(23)20-12-5-2-6-13-20/h1,3-4,7-11,14-16,20H,2,5-6,12-13,17H2. The fourth-order valence-corrected chi connectivity index (χ4v) is 4.21. The molecule has 0 aromatic heterocycles. The van der Waals surface area contributed by atoms with Gasteiger partial charge in [-0.15, -0.1) is 0 Å². The van der Waals surface area contributed by atoms with Gasteiger partial charge in [0.2, 0.25) is 0 Å². The van der Waals surface area contributed by atoms with Crippen molar-refractivity contribution < 1.29 is 0 Å². The Hall–Kier alpha value is -1.96. The highest BCUT2D eigenvalue weighted by Crippen LogP contribution is 2.38. The molecule has 2 heteroatoms. The van der Waals surface area contributed by atoms with Gasteiger partial charge in [-0.1, -0.05) is 92.7 Å². The first-order chi connectivity index (χ1) is 11.4. The van der Waals surface area contributed by atoms with Crippen LogP contribution in [-0.2, 0) is 6.54 Å². The van der Waals surface area contributed by atoms with Crippen LogP contribution in [0, 0.1) is 0 Å². The van der Waals surface area contributed by atoms with Gasteiger partial charge >= 0.3 is 0 Å². The lowest BCUT2D eigenvalue weighted by atomic mass is 9.45. The van der Waals surface area contributed by atoms with Crippen molar-refractivity contribution in [3.63, 3.8) is 0 Å². The van der Waals surface area contributed by atoms with Crippen LogP contribution in [0.25, 0.3) is 6.08 Å². The minimum atomic E-state index is 0.547. The largest absolute Gasteiger partial charge is 0.406 e. The molecule has 0 N–H and O–H groups in total. The maximum atomic E-state index is 2.64. The van der Waals surface area contributed by atoms with Gasteiger partial charge in [0, 0.05) is 12.2 Å².